The Kier molecular flexibility index (Phi) is 4.65. The van der Waals surface area contributed by atoms with Gasteiger partial charge >= 0.3 is 0 Å². The van der Waals surface area contributed by atoms with E-state index in [2.05, 4.69) is 67.8 Å². The van der Waals surface area contributed by atoms with Gasteiger partial charge in [0.15, 0.2) is 0 Å². The van der Waals surface area contributed by atoms with Crippen LogP contribution in [-0.4, -0.2) is 11.5 Å². The average Bonchev–Trinajstić information content (AvgIpc) is 2.53. The van der Waals surface area contributed by atoms with E-state index in [9.17, 15) is 0 Å². The lowest BCUT2D eigenvalue weighted by atomic mass is 10.1. The molecule has 0 aromatic heterocycles. The van der Waals surface area contributed by atoms with Crippen molar-refractivity contribution in [3.05, 3.63) is 30.3 Å². The monoisotopic (exact) mass is 554 g/mol. The quantitative estimate of drug-likeness (QED) is 0.379. The molecule has 1 unspecified atom stereocenters. The highest BCUT2D eigenvalue weighted by Crippen LogP contribution is 2.56. The molecule has 0 radical (unpaired) electrons. The van der Waals surface area contributed by atoms with E-state index in [0.717, 1.165) is 12.4 Å². The molecule has 4 heteroatoms. The van der Waals surface area contributed by atoms with Crippen molar-refractivity contribution in [3.63, 3.8) is 0 Å². The normalized spacial score (nSPS) is 27.9. The highest BCUT2D eigenvalue weighted by molar-refractivity contribution is 14.2. The van der Waals surface area contributed by atoms with Crippen molar-refractivity contribution >= 4 is 67.8 Å². The molecule has 0 amide bonds. The number of hydrogen-bond acceptors (Lipinski definition) is 1. The largest absolute Gasteiger partial charge is 0.492 e. The summed E-state index contributed by atoms with van der Waals surface area (Å²) in [6.45, 7) is 0.809. The van der Waals surface area contributed by atoms with Crippen molar-refractivity contribution < 1.29 is 4.74 Å². The molecule has 0 heterocycles. The first-order valence-electron chi connectivity index (χ1n) is 5.28. The van der Waals surface area contributed by atoms with Crippen LogP contribution < -0.4 is 4.74 Å². The van der Waals surface area contributed by atoms with Gasteiger partial charge in [0.05, 0.1) is 4.85 Å². The number of alkyl halides is 3. The molecule has 1 aromatic carbocycles. The molecular weight excluding hydrogens is 541 g/mol. The van der Waals surface area contributed by atoms with Gasteiger partial charge in [-0.1, -0.05) is 86.0 Å². The second-order valence-corrected chi connectivity index (χ2v) is 11.9. The number of para-hydroxylation sites is 1. The first-order chi connectivity index (χ1) is 7.54. The zero-order valence-electron chi connectivity index (χ0n) is 8.76. The predicted molar refractivity (Wildman–Crippen MR) is 93.3 cm³/mol. The van der Waals surface area contributed by atoms with E-state index in [4.69, 9.17) is 4.74 Å². The molecule has 0 N–H and O–H groups in total. The summed E-state index contributed by atoms with van der Waals surface area (Å²) < 4.78 is 6.51. The molecule has 0 bridgehead atoms. The average molecular weight is 554 g/mol. The van der Waals surface area contributed by atoms with Crippen LogP contribution in [-0.2, 0) is 0 Å². The van der Waals surface area contributed by atoms with Gasteiger partial charge in [0.1, 0.15) is 12.4 Å². The Bertz CT molecular complexity index is 353. The van der Waals surface area contributed by atoms with Gasteiger partial charge in [-0.05, 0) is 31.4 Å². The SMILES string of the molecule is IC1(I)CCCC1(I)COc1ccccc1. The lowest BCUT2D eigenvalue weighted by molar-refractivity contribution is 0.282. The molecule has 1 aliphatic rings. The Balaban J connectivity index is 2.00. The van der Waals surface area contributed by atoms with Crippen LogP contribution in [0.1, 0.15) is 19.3 Å². The maximum absolute atomic E-state index is 5.91. The lowest BCUT2D eigenvalue weighted by Crippen LogP contribution is -2.39. The summed E-state index contributed by atoms with van der Waals surface area (Å²) in [6, 6.07) is 10.1. The number of ether oxygens (including phenoxy) is 1. The van der Waals surface area contributed by atoms with Crippen LogP contribution in [0.4, 0.5) is 0 Å². The molecule has 1 saturated carbocycles. The summed E-state index contributed by atoms with van der Waals surface area (Å²) >= 11 is 7.77. The van der Waals surface area contributed by atoms with Crippen LogP contribution in [0, 0.1) is 0 Å². The van der Waals surface area contributed by atoms with E-state index in [1.807, 2.05) is 30.3 Å². The fourth-order valence-electron chi connectivity index (χ4n) is 1.89. The number of halogens is 3. The third-order valence-corrected chi connectivity index (χ3v) is 9.91. The van der Waals surface area contributed by atoms with Crippen molar-refractivity contribution in [1.29, 1.82) is 0 Å². The van der Waals surface area contributed by atoms with E-state index in [1.54, 1.807) is 0 Å². The highest BCUT2D eigenvalue weighted by atomic mass is 127. The number of hydrogen-bond donors (Lipinski definition) is 0. The minimum atomic E-state index is 0.266. The van der Waals surface area contributed by atoms with Gasteiger partial charge in [0.2, 0.25) is 0 Å². The smallest absolute Gasteiger partial charge is 0.119 e. The van der Waals surface area contributed by atoms with E-state index in [-0.39, 0.29) is 3.42 Å². The van der Waals surface area contributed by atoms with Crippen LogP contribution in [0.2, 0.25) is 0 Å². The van der Waals surface area contributed by atoms with Crippen molar-refractivity contribution in [2.75, 3.05) is 6.61 Å². The van der Waals surface area contributed by atoms with Gasteiger partial charge in [-0.25, -0.2) is 0 Å². The van der Waals surface area contributed by atoms with Crippen LogP contribution in [0.15, 0.2) is 30.3 Å². The van der Waals surface area contributed by atoms with Gasteiger partial charge < -0.3 is 4.74 Å². The van der Waals surface area contributed by atoms with Gasteiger partial charge in [-0.15, -0.1) is 0 Å². The van der Waals surface area contributed by atoms with Crippen LogP contribution in [0.5, 0.6) is 5.75 Å². The van der Waals surface area contributed by atoms with Crippen LogP contribution in [0.25, 0.3) is 0 Å². The third kappa shape index (κ3) is 2.96. The van der Waals surface area contributed by atoms with Crippen LogP contribution >= 0.6 is 67.8 Å². The van der Waals surface area contributed by atoms with Gasteiger partial charge in [0.25, 0.3) is 0 Å². The Hall–Kier alpha value is 1.21. The Labute approximate surface area is 138 Å². The predicted octanol–water partition coefficient (Wildman–Crippen LogP) is 4.99. The Morgan fingerprint density at radius 1 is 1.06 bits per heavy atom. The van der Waals surface area contributed by atoms with Crippen molar-refractivity contribution in [2.45, 2.75) is 24.1 Å². The summed E-state index contributed by atoms with van der Waals surface area (Å²) in [5.74, 6) is 0.981. The molecule has 2 rings (SSSR count). The fraction of sp³-hybridized carbons (Fsp3) is 0.500. The number of benzene rings is 1. The maximum atomic E-state index is 5.91. The summed E-state index contributed by atoms with van der Waals surface area (Å²) in [4.78, 5) is 0. The molecule has 1 nitrogen and oxygen atoms in total. The van der Waals surface area contributed by atoms with E-state index in [1.165, 1.54) is 19.3 Å². The van der Waals surface area contributed by atoms with Gasteiger partial charge in [-0.3, -0.25) is 0 Å². The molecule has 0 aliphatic heterocycles. The van der Waals surface area contributed by atoms with Crippen molar-refractivity contribution in [3.8, 4) is 5.75 Å². The Morgan fingerprint density at radius 3 is 2.31 bits per heavy atom. The summed E-state index contributed by atoms with van der Waals surface area (Å²) in [5, 5.41) is 0. The van der Waals surface area contributed by atoms with Crippen molar-refractivity contribution in [2.24, 2.45) is 0 Å². The third-order valence-electron chi connectivity index (χ3n) is 2.93. The molecular formula is C12H13I3O. The molecule has 1 aliphatic carbocycles. The fourth-order valence-corrected chi connectivity index (χ4v) is 4.31. The molecule has 0 spiro atoms. The topological polar surface area (TPSA) is 9.23 Å². The molecule has 1 atom stereocenters. The lowest BCUT2D eigenvalue weighted by Gasteiger charge is -2.32. The molecule has 0 saturated heterocycles. The zero-order valence-corrected chi connectivity index (χ0v) is 15.2. The van der Waals surface area contributed by atoms with Gasteiger partial charge in [0, 0.05) is 0 Å². The molecule has 16 heavy (non-hydrogen) atoms. The minimum absolute atomic E-state index is 0.266. The maximum Gasteiger partial charge on any atom is 0.119 e. The standard InChI is InChI=1S/C12H13I3O/c13-11(7-4-8-12(11,14)15)9-16-10-5-2-1-3-6-10/h1-3,5-6H,4,7-9H2. The van der Waals surface area contributed by atoms with Crippen molar-refractivity contribution in [1.82, 2.24) is 0 Å². The van der Waals surface area contributed by atoms with E-state index < -0.39 is 0 Å². The summed E-state index contributed by atoms with van der Waals surface area (Å²) in [7, 11) is 0. The first-order valence-corrected chi connectivity index (χ1v) is 8.52. The second kappa shape index (κ2) is 5.46. The number of rotatable bonds is 3. The zero-order chi connectivity index (χ0) is 11.6. The molecule has 88 valence electrons. The van der Waals surface area contributed by atoms with Crippen LogP contribution in [0.3, 0.4) is 0 Å². The molecule has 1 aromatic rings. The van der Waals surface area contributed by atoms with Gasteiger partial charge in [-0.2, -0.15) is 0 Å². The second-order valence-electron chi connectivity index (χ2n) is 4.13. The minimum Gasteiger partial charge on any atom is -0.492 e. The highest BCUT2D eigenvalue weighted by Gasteiger charge is 2.50. The van der Waals surface area contributed by atoms with E-state index in [0.29, 0.717) is 1.43 Å². The Morgan fingerprint density at radius 2 is 1.75 bits per heavy atom. The molecule has 1 fully saturated rings. The first kappa shape index (κ1) is 13.6. The summed E-state index contributed by atoms with van der Waals surface area (Å²) in [6.07, 6.45) is 3.86. The van der Waals surface area contributed by atoms with E-state index >= 15 is 0 Å². The summed E-state index contributed by atoms with van der Waals surface area (Å²) in [5.41, 5.74) is 0.